The lowest BCUT2D eigenvalue weighted by Crippen LogP contribution is -2.36. The maximum Gasteiger partial charge on any atom is 0.257 e. The first-order chi connectivity index (χ1) is 19.3. The van der Waals surface area contributed by atoms with E-state index in [0.717, 1.165) is 27.9 Å². The smallest absolute Gasteiger partial charge is 0.257 e. The fourth-order valence-electron chi connectivity index (χ4n) is 4.32. The third-order valence-electron chi connectivity index (χ3n) is 6.49. The molecular weight excluding hydrogens is 539 g/mol. The molecule has 0 aliphatic rings. The molecule has 0 unspecified atom stereocenters. The van der Waals surface area contributed by atoms with E-state index in [1.54, 1.807) is 0 Å². The molecule has 40 heavy (non-hydrogen) atoms. The van der Waals surface area contributed by atoms with E-state index in [9.17, 15) is 13.2 Å². The molecule has 0 aliphatic carbocycles. The first-order valence-corrected chi connectivity index (χ1v) is 15.2. The number of carbonyl (C=O) groups is 1. The first kappa shape index (κ1) is 27.5. The van der Waals surface area contributed by atoms with Gasteiger partial charge in [0.05, 0.1) is 10.6 Å². The van der Waals surface area contributed by atoms with Crippen molar-refractivity contribution in [3.8, 4) is 22.4 Å². The summed E-state index contributed by atoms with van der Waals surface area (Å²) in [6.07, 6.45) is 0. The molecule has 8 heteroatoms. The Labute approximate surface area is 239 Å². The normalized spacial score (nSPS) is 11.6. The summed E-state index contributed by atoms with van der Waals surface area (Å²) in [6, 6.07) is 33.6. The van der Waals surface area contributed by atoms with Crippen molar-refractivity contribution in [1.29, 1.82) is 0 Å². The second-order valence-corrected chi connectivity index (χ2v) is 12.3. The highest BCUT2D eigenvalue weighted by molar-refractivity contribution is 7.89. The van der Waals surface area contributed by atoms with Crippen molar-refractivity contribution < 1.29 is 13.2 Å². The van der Waals surface area contributed by atoms with Crippen molar-refractivity contribution in [3.05, 3.63) is 126 Å². The van der Waals surface area contributed by atoms with Crippen LogP contribution in [-0.2, 0) is 16.6 Å². The van der Waals surface area contributed by atoms with Crippen LogP contribution < -0.4 is 5.32 Å². The number of nitrogens with one attached hydrogen (secondary N) is 1. The Morgan fingerprint density at radius 3 is 2.00 bits per heavy atom. The molecule has 0 aliphatic heterocycles. The van der Waals surface area contributed by atoms with Crippen LogP contribution in [0, 0.1) is 0 Å². The minimum atomic E-state index is -3.76. The number of thiazole rings is 1. The number of sulfonamides is 1. The van der Waals surface area contributed by atoms with E-state index in [-0.39, 0.29) is 23.4 Å². The van der Waals surface area contributed by atoms with E-state index >= 15 is 0 Å². The minimum Gasteiger partial charge on any atom is -0.298 e. The number of rotatable bonds is 9. The maximum absolute atomic E-state index is 13.4. The van der Waals surface area contributed by atoms with E-state index in [2.05, 4.69) is 34.6 Å². The van der Waals surface area contributed by atoms with Gasteiger partial charge in [-0.15, -0.1) is 11.3 Å². The quantitative estimate of drug-likeness (QED) is 0.202. The van der Waals surface area contributed by atoms with Crippen molar-refractivity contribution in [1.82, 2.24) is 9.29 Å². The number of aromatic nitrogens is 1. The molecule has 0 fully saturated rings. The Hall–Kier alpha value is -4.11. The second kappa shape index (κ2) is 12.0. The van der Waals surface area contributed by atoms with Gasteiger partial charge in [0.15, 0.2) is 5.13 Å². The van der Waals surface area contributed by atoms with Crippen LogP contribution in [0.1, 0.15) is 29.8 Å². The van der Waals surface area contributed by atoms with Gasteiger partial charge in [-0.1, -0.05) is 84.9 Å². The van der Waals surface area contributed by atoms with Gasteiger partial charge in [-0.3, -0.25) is 10.1 Å². The molecule has 0 saturated carbocycles. The predicted molar refractivity (Wildman–Crippen MR) is 162 cm³/mol. The zero-order chi connectivity index (χ0) is 28.1. The Bertz CT molecular complexity index is 1680. The molecule has 1 N–H and O–H groups in total. The molecule has 1 amide bonds. The monoisotopic (exact) mass is 567 g/mol. The van der Waals surface area contributed by atoms with Crippen LogP contribution in [0.5, 0.6) is 0 Å². The molecule has 0 spiro atoms. The van der Waals surface area contributed by atoms with Crippen LogP contribution in [0.4, 0.5) is 5.13 Å². The zero-order valence-corrected chi connectivity index (χ0v) is 23.8. The standard InChI is InChI=1S/C32H29N3O3S2/c1-23(2)35(21-24-9-5-3-6-10-24)40(37,38)29-19-17-28(18-20-29)31(36)34-32-33-30(22-39-32)27-15-13-26(14-16-27)25-11-7-4-8-12-25/h3-20,22-23H,21H2,1-2H3,(H,33,34,36). The summed E-state index contributed by atoms with van der Waals surface area (Å²) in [5.41, 5.74) is 5.25. The van der Waals surface area contributed by atoms with Gasteiger partial charge in [-0.25, -0.2) is 13.4 Å². The van der Waals surface area contributed by atoms with E-state index in [1.807, 2.05) is 79.9 Å². The molecule has 202 valence electrons. The molecule has 4 aromatic carbocycles. The van der Waals surface area contributed by atoms with Crippen LogP contribution in [-0.4, -0.2) is 29.7 Å². The zero-order valence-electron chi connectivity index (χ0n) is 22.2. The van der Waals surface area contributed by atoms with E-state index in [1.165, 1.54) is 39.9 Å². The summed E-state index contributed by atoms with van der Waals surface area (Å²) in [4.78, 5) is 17.6. The summed E-state index contributed by atoms with van der Waals surface area (Å²) in [5, 5.41) is 5.20. The third kappa shape index (κ3) is 6.20. The average Bonchev–Trinajstić information content (AvgIpc) is 3.45. The molecule has 5 aromatic rings. The highest BCUT2D eigenvalue weighted by atomic mass is 32.2. The molecule has 5 rings (SSSR count). The lowest BCUT2D eigenvalue weighted by molar-refractivity contribution is 0.102. The van der Waals surface area contributed by atoms with Crippen LogP contribution in [0.2, 0.25) is 0 Å². The van der Waals surface area contributed by atoms with Crippen molar-refractivity contribution in [2.75, 3.05) is 5.32 Å². The number of nitrogens with zero attached hydrogens (tertiary/aromatic N) is 2. The van der Waals surface area contributed by atoms with Crippen LogP contribution in [0.3, 0.4) is 0 Å². The summed E-state index contributed by atoms with van der Waals surface area (Å²) >= 11 is 1.34. The van der Waals surface area contributed by atoms with Gasteiger partial charge in [0, 0.05) is 29.1 Å². The Kier molecular flexibility index (Phi) is 8.21. The lowest BCUT2D eigenvalue weighted by Gasteiger charge is -2.26. The molecular formula is C32H29N3O3S2. The molecule has 0 saturated heterocycles. The van der Waals surface area contributed by atoms with E-state index < -0.39 is 10.0 Å². The highest BCUT2D eigenvalue weighted by Crippen LogP contribution is 2.28. The predicted octanol–water partition coefficient (Wildman–Crippen LogP) is 7.33. The summed E-state index contributed by atoms with van der Waals surface area (Å²) in [7, 11) is -3.76. The summed E-state index contributed by atoms with van der Waals surface area (Å²) in [6.45, 7) is 3.97. The van der Waals surface area contributed by atoms with Crippen molar-refractivity contribution >= 4 is 32.4 Å². The van der Waals surface area contributed by atoms with Crippen LogP contribution >= 0.6 is 11.3 Å². The van der Waals surface area contributed by atoms with Gasteiger partial charge < -0.3 is 0 Å². The van der Waals surface area contributed by atoms with Crippen molar-refractivity contribution in [3.63, 3.8) is 0 Å². The van der Waals surface area contributed by atoms with Gasteiger partial charge in [0.2, 0.25) is 10.0 Å². The summed E-state index contributed by atoms with van der Waals surface area (Å²) in [5.74, 6) is -0.353. The van der Waals surface area contributed by atoms with Crippen LogP contribution in [0.15, 0.2) is 119 Å². The number of amides is 1. The maximum atomic E-state index is 13.4. The van der Waals surface area contributed by atoms with Gasteiger partial charge in [-0.05, 0) is 54.8 Å². The number of hydrogen-bond donors (Lipinski definition) is 1. The van der Waals surface area contributed by atoms with E-state index in [0.29, 0.717) is 10.7 Å². The number of benzene rings is 4. The van der Waals surface area contributed by atoms with Crippen LogP contribution in [0.25, 0.3) is 22.4 Å². The molecule has 1 aromatic heterocycles. The van der Waals surface area contributed by atoms with Crippen molar-refractivity contribution in [2.45, 2.75) is 31.3 Å². The average molecular weight is 568 g/mol. The van der Waals surface area contributed by atoms with Gasteiger partial charge in [0.1, 0.15) is 0 Å². The molecule has 6 nitrogen and oxygen atoms in total. The number of hydrogen-bond acceptors (Lipinski definition) is 5. The minimum absolute atomic E-state index is 0.143. The summed E-state index contributed by atoms with van der Waals surface area (Å²) < 4.78 is 28.3. The van der Waals surface area contributed by atoms with Gasteiger partial charge >= 0.3 is 0 Å². The lowest BCUT2D eigenvalue weighted by atomic mass is 10.0. The van der Waals surface area contributed by atoms with Gasteiger partial charge in [0.25, 0.3) is 5.91 Å². The molecule has 0 atom stereocenters. The second-order valence-electron chi connectivity index (χ2n) is 9.59. The largest absolute Gasteiger partial charge is 0.298 e. The van der Waals surface area contributed by atoms with Gasteiger partial charge in [-0.2, -0.15) is 4.31 Å². The third-order valence-corrected chi connectivity index (χ3v) is 9.29. The highest BCUT2D eigenvalue weighted by Gasteiger charge is 2.27. The number of carbonyl (C=O) groups excluding carboxylic acids is 1. The SMILES string of the molecule is CC(C)N(Cc1ccccc1)S(=O)(=O)c1ccc(C(=O)Nc2nc(-c3ccc(-c4ccccc4)cc3)cs2)cc1. The fraction of sp³-hybridized carbons (Fsp3) is 0.125. The molecule has 0 radical (unpaired) electrons. The Morgan fingerprint density at radius 1 is 0.800 bits per heavy atom. The molecule has 1 heterocycles. The first-order valence-electron chi connectivity index (χ1n) is 12.9. The van der Waals surface area contributed by atoms with E-state index in [4.69, 9.17) is 0 Å². The topological polar surface area (TPSA) is 79.4 Å². The fourth-order valence-corrected chi connectivity index (χ4v) is 6.66. The Balaban J connectivity index is 1.26. The number of anilines is 1. The molecule has 0 bridgehead atoms. The van der Waals surface area contributed by atoms with Crippen molar-refractivity contribution in [2.24, 2.45) is 0 Å². The Morgan fingerprint density at radius 2 is 1.38 bits per heavy atom.